The zero-order valence-corrected chi connectivity index (χ0v) is 28.1. The molecule has 41 heavy (non-hydrogen) atoms. The molecule has 0 heterocycles. The maximum absolute atomic E-state index is 14.6. The molecule has 2 aromatic rings. The Morgan fingerprint density at radius 3 is 1.24 bits per heavy atom. The Kier molecular flexibility index (Phi) is 9.17. The summed E-state index contributed by atoms with van der Waals surface area (Å²) in [5.41, 5.74) is 1.09. The molecule has 0 spiro atoms. The lowest BCUT2D eigenvalue weighted by Crippen LogP contribution is -2.43. The third kappa shape index (κ3) is 7.44. The van der Waals surface area contributed by atoms with E-state index in [-0.39, 0.29) is 24.0 Å². The fraction of sp³-hybridized carbons (Fsp3) is 0.600. The van der Waals surface area contributed by atoms with E-state index in [1.165, 1.54) is 7.11 Å². The van der Waals surface area contributed by atoms with Gasteiger partial charge in [0.15, 0.2) is 0 Å². The van der Waals surface area contributed by atoms with Crippen molar-refractivity contribution in [2.75, 3.05) is 18.6 Å². The summed E-state index contributed by atoms with van der Waals surface area (Å²) in [7, 11) is 1.34. The topological polar surface area (TPSA) is 87.1 Å². The predicted octanol–water partition coefficient (Wildman–Crippen LogP) is 8.13. The Labute approximate surface area is 248 Å². The van der Waals surface area contributed by atoms with Crippen molar-refractivity contribution < 1.29 is 24.5 Å². The number of phenols is 2. The van der Waals surface area contributed by atoms with Crippen LogP contribution in [0.25, 0.3) is 0 Å². The molecule has 0 aliphatic heterocycles. The van der Waals surface area contributed by atoms with E-state index in [9.17, 15) is 19.8 Å². The van der Waals surface area contributed by atoms with Crippen molar-refractivity contribution in [1.29, 1.82) is 0 Å². The molecule has 0 aliphatic carbocycles. The first kappa shape index (κ1) is 34.2. The second-order valence-corrected chi connectivity index (χ2v) is 16.1. The van der Waals surface area contributed by atoms with E-state index < -0.39 is 33.0 Å². The average Bonchev–Trinajstić information content (AvgIpc) is 2.78. The maximum atomic E-state index is 14.6. The lowest BCUT2D eigenvalue weighted by atomic mass is 9.78. The van der Waals surface area contributed by atoms with Gasteiger partial charge < -0.3 is 19.8 Å². The van der Waals surface area contributed by atoms with Crippen molar-refractivity contribution in [2.24, 2.45) is 5.41 Å². The van der Waals surface area contributed by atoms with E-state index in [2.05, 4.69) is 0 Å². The highest BCUT2D eigenvalue weighted by molar-refractivity contribution is 6.07. The Bertz CT molecular complexity index is 1240. The molecule has 0 unspecified atom stereocenters. The average molecular weight is 568 g/mol. The fourth-order valence-corrected chi connectivity index (χ4v) is 4.99. The van der Waals surface area contributed by atoms with Crippen LogP contribution in [0.1, 0.15) is 130 Å². The molecule has 0 saturated carbocycles. The first-order valence-corrected chi connectivity index (χ1v) is 14.4. The second-order valence-electron chi connectivity index (χ2n) is 16.1. The molecule has 6 heteroatoms. The van der Waals surface area contributed by atoms with Crippen LogP contribution in [0.3, 0.4) is 0 Å². The van der Waals surface area contributed by atoms with Gasteiger partial charge in [-0.15, -0.1) is 0 Å². The summed E-state index contributed by atoms with van der Waals surface area (Å²) in [6.45, 7) is 27.7. The molecule has 6 nitrogen and oxygen atoms in total. The number of benzene rings is 2. The van der Waals surface area contributed by atoms with Crippen LogP contribution in [-0.2, 0) is 31.2 Å². The summed E-state index contributed by atoms with van der Waals surface area (Å²) in [6.07, 6.45) is 0. The normalized spacial score (nSPS) is 13.2. The number of esters is 1. The zero-order chi connectivity index (χ0) is 32.1. The quantitative estimate of drug-likeness (QED) is 0.356. The Morgan fingerprint density at radius 2 is 0.951 bits per heavy atom. The number of hydrogen-bond donors (Lipinski definition) is 2. The van der Waals surface area contributed by atoms with Crippen LogP contribution in [0, 0.1) is 5.41 Å². The van der Waals surface area contributed by atoms with Crippen LogP contribution in [-0.4, -0.2) is 35.7 Å². The van der Waals surface area contributed by atoms with E-state index in [1.54, 1.807) is 30.9 Å². The Hall–Kier alpha value is -3.02. The standard InChI is InChI=1S/C35H53NO5/c1-31(2,3)23-16-21(17-24(27(23)37)32(4,5)6)29(39)36(20-35(13,14)30(40)41-15)22-18-25(33(7,8)9)28(38)26(19-22)34(10,11)12/h16-19,37-38H,20H2,1-15H3. The number of rotatable bonds is 5. The van der Waals surface area contributed by atoms with Crippen LogP contribution in [0.5, 0.6) is 11.5 Å². The van der Waals surface area contributed by atoms with E-state index in [4.69, 9.17) is 4.74 Å². The maximum Gasteiger partial charge on any atom is 0.313 e. The number of phenolic OH excluding ortho intramolecular Hbond substituents is 2. The summed E-state index contributed by atoms with van der Waals surface area (Å²) < 4.78 is 5.11. The highest BCUT2D eigenvalue weighted by Gasteiger charge is 2.37. The molecule has 2 rings (SSSR count). The fourth-order valence-electron chi connectivity index (χ4n) is 4.99. The second kappa shape index (κ2) is 11.0. The molecule has 2 N–H and O–H groups in total. The minimum atomic E-state index is -1.03. The summed E-state index contributed by atoms with van der Waals surface area (Å²) in [5, 5.41) is 22.6. The lowest BCUT2D eigenvalue weighted by molar-refractivity contribution is -0.150. The summed E-state index contributed by atoms with van der Waals surface area (Å²) >= 11 is 0. The van der Waals surface area contributed by atoms with Gasteiger partial charge >= 0.3 is 5.97 Å². The number of carbonyl (C=O) groups is 2. The van der Waals surface area contributed by atoms with Crippen molar-refractivity contribution >= 4 is 17.6 Å². The molecular formula is C35H53NO5. The summed E-state index contributed by atoms with van der Waals surface area (Å²) in [5.74, 6) is -0.332. The number of nitrogens with zero attached hydrogens (tertiary/aromatic N) is 1. The predicted molar refractivity (Wildman–Crippen MR) is 168 cm³/mol. The van der Waals surface area contributed by atoms with Gasteiger partial charge in [0.2, 0.25) is 0 Å². The molecule has 0 radical (unpaired) electrons. The van der Waals surface area contributed by atoms with Crippen LogP contribution >= 0.6 is 0 Å². The summed E-state index contributed by atoms with van der Waals surface area (Å²) in [6, 6.07) is 7.23. The van der Waals surface area contributed by atoms with Gasteiger partial charge in [0.25, 0.3) is 5.91 Å². The highest BCUT2D eigenvalue weighted by Crippen LogP contribution is 2.44. The van der Waals surface area contributed by atoms with Gasteiger partial charge in [0.1, 0.15) is 11.5 Å². The molecule has 0 aromatic heterocycles. The minimum absolute atomic E-state index is 0.0486. The number of aromatic hydroxyl groups is 2. The molecule has 0 bridgehead atoms. The van der Waals surface area contributed by atoms with E-state index in [0.717, 1.165) is 0 Å². The van der Waals surface area contributed by atoms with Crippen molar-refractivity contribution in [3.63, 3.8) is 0 Å². The largest absolute Gasteiger partial charge is 0.507 e. The van der Waals surface area contributed by atoms with Gasteiger partial charge in [-0.1, -0.05) is 83.1 Å². The smallest absolute Gasteiger partial charge is 0.313 e. The SMILES string of the molecule is COC(=O)C(C)(C)CN(C(=O)c1cc(C(C)(C)C)c(O)c(C(C)(C)C)c1)c1cc(C(C)(C)C)c(O)c(C(C)(C)C)c1. The molecule has 0 atom stereocenters. The van der Waals surface area contributed by atoms with E-state index >= 15 is 0 Å². The van der Waals surface area contributed by atoms with Crippen LogP contribution < -0.4 is 4.90 Å². The number of hydrogen-bond acceptors (Lipinski definition) is 5. The summed E-state index contributed by atoms with van der Waals surface area (Å²) in [4.78, 5) is 29.1. The molecular weight excluding hydrogens is 514 g/mol. The van der Waals surface area contributed by atoms with Gasteiger partial charge in [0, 0.05) is 40.0 Å². The van der Waals surface area contributed by atoms with Gasteiger partial charge in [0.05, 0.1) is 12.5 Å². The third-order valence-electron chi connectivity index (χ3n) is 7.53. The first-order chi connectivity index (χ1) is 18.2. The monoisotopic (exact) mass is 567 g/mol. The number of methoxy groups -OCH3 is 1. The Morgan fingerprint density at radius 1 is 0.634 bits per heavy atom. The van der Waals surface area contributed by atoms with E-state index in [0.29, 0.717) is 33.5 Å². The number of carbonyl (C=O) groups excluding carboxylic acids is 2. The van der Waals surface area contributed by atoms with Crippen molar-refractivity contribution in [3.05, 3.63) is 52.1 Å². The molecule has 228 valence electrons. The lowest BCUT2D eigenvalue weighted by Gasteiger charge is -2.35. The van der Waals surface area contributed by atoms with Crippen LogP contribution in [0.2, 0.25) is 0 Å². The highest BCUT2D eigenvalue weighted by atomic mass is 16.5. The van der Waals surface area contributed by atoms with Crippen molar-refractivity contribution in [3.8, 4) is 11.5 Å². The third-order valence-corrected chi connectivity index (χ3v) is 7.53. The van der Waals surface area contributed by atoms with Gasteiger partial charge in [-0.3, -0.25) is 9.59 Å². The first-order valence-electron chi connectivity index (χ1n) is 14.4. The van der Waals surface area contributed by atoms with Crippen LogP contribution in [0.15, 0.2) is 24.3 Å². The van der Waals surface area contributed by atoms with Gasteiger partial charge in [-0.05, 0) is 59.8 Å². The van der Waals surface area contributed by atoms with Gasteiger partial charge in [-0.2, -0.15) is 0 Å². The zero-order valence-electron chi connectivity index (χ0n) is 28.1. The van der Waals surface area contributed by atoms with Gasteiger partial charge in [-0.25, -0.2) is 0 Å². The Balaban J connectivity index is 3.01. The molecule has 0 aliphatic rings. The molecule has 2 aromatic carbocycles. The number of ether oxygens (including phenoxy) is 1. The number of anilines is 1. The molecule has 0 saturated heterocycles. The molecule has 1 amide bonds. The number of amides is 1. The molecule has 0 fully saturated rings. The van der Waals surface area contributed by atoms with Crippen molar-refractivity contribution in [1.82, 2.24) is 0 Å². The van der Waals surface area contributed by atoms with E-state index in [1.807, 2.05) is 95.2 Å². The van der Waals surface area contributed by atoms with Crippen LogP contribution in [0.4, 0.5) is 5.69 Å². The minimum Gasteiger partial charge on any atom is -0.507 e. The van der Waals surface area contributed by atoms with Crippen molar-refractivity contribution in [2.45, 2.75) is 119 Å².